The molecule has 8 nitrogen and oxygen atoms in total. The Bertz CT molecular complexity index is 852. The molecule has 0 fully saturated rings. The summed E-state index contributed by atoms with van der Waals surface area (Å²) in [5, 5.41) is 7.04. The summed E-state index contributed by atoms with van der Waals surface area (Å²) in [4.78, 5) is 29.4. The lowest BCUT2D eigenvalue weighted by Gasteiger charge is -2.29. The van der Waals surface area contributed by atoms with Gasteiger partial charge in [-0.05, 0) is 70.6 Å². The molecule has 0 radical (unpaired) electrons. The number of amides is 2. The molecule has 32 heavy (non-hydrogen) atoms. The van der Waals surface area contributed by atoms with Gasteiger partial charge in [0.1, 0.15) is 18.1 Å². The third-order valence-electron chi connectivity index (χ3n) is 5.23. The highest BCUT2D eigenvalue weighted by Crippen LogP contribution is 2.16. The lowest BCUT2D eigenvalue weighted by atomic mass is 10.1. The first-order valence-corrected chi connectivity index (χ1v) is 11.3. The van der Waals surface area contributed by atoms with Crippen LogP contribution in [0.3, 0.4) is 0 Å². The summed E-state index contributed by atoms with van der Waals surface area (Å²) in [5.74, 6) is 0.857. The fraction of sp³-hybridized carbons (Fsp3) is 0.522. The van der Waals surface area contributed by atoms with Crippen LogP contribution in [0.1, 0.15) is 39.4 Å². The van der Waals surface area contributed by atoms with Crippen molar-refractivity contribution in [2.24, 2.45) is 0 Å². The Morgan fingerprint density at radius 1 is 1.22 bits per heavy atom. The third-order valence-corrected chi connectivity index (χ3v) is 5.48. The average Bonchev–Trinajstić information content (AvgIpc) is 3.18. The molecular formula is C23H33ClN4O4. The molecule has 1 heterocycles. The van der Waals surface area contributed by atoms with E-state index in [9.17, 15) is 9.59 Å². The summed E-state index contributed by atoms with van der Waals surface area (Å²) in [6.07, 6.45) is 1.70. The minimum atomic E-state index is -0.339. The van der Waals surface area contributed by atoms with Crippen molar-refractivity contribution in [1.82, 2.24) is 15.0 Å². The molecule has 0 saturated carbocycles. The van der Waals surface area contributed by atoms with Crippen LogP contribution in [0.4, 0.5) is 5.82 Å². The van der Waals surface area contributed by atoms with Crippen LogP contribution in [0.15, 0.2) is 34.9 Å². The van der Waals surface area contributed by atoms with E-state index in [1.54, 1.807) is 42.2 Å². The summed E-state index contributed by atoms with van der Waals surface area (Å²) in [6, 6.07) is 8.29. The number of aromatic nitrogens is 1. The van der Waals surface area contributed by atoms with Gasteiger partial charge in [0.2, 0.25) is 5.91 Å². The van der Waals surface area contributed by atoms with Crippen LogP contribution in [-0.2, 0) is 9.59 Å². The van der Waals surface area contributed by atoms with Gasteiger partial charge in [-0.3, -0.25) is 9.59 Å². The van der Waals surface area contributed by atoms with Crippen molar-refractivity contribution in [1.29, 1.82) is 0 Å². The first-order chi connectivity index (χ1) is 15.3. The van der Waals surface area contributed by atoms with E-state index in [0.29, 0.717) is 22.4 Å². The van der Waals surface area contributed by atoms with E-state index in [2.05, 4.69) is 29.2 Å². The molecule has 176 valence electrons. The van der Waals surface area contributed by atoms with Crippen molar-refractivity contribution in [3.8, 4) is 5.75 Å². The lowest BCUT2D eigenvalue weighted by molar-refractivity contribution is -0.138. The summed E-state index contributed by atoms with van der Waals surface area (Å²) in [5.41, 5.74) is 0. The molecule has 9 heteroatoms. The molecule has 2 rings (SSSR count). The zero-order valence-electron chi connectivity index (χ0n) is 19.3. The minimum absolute atomic E-state index is 0.0961. The molecule has 1 aromatic heterocycles. The predicted octanol–water partition coefficient (Wildman–Crippen LogP) is 3.99. The number of ether oxygens (including phenoxy) is 1. The van der Waals surface area contributed by atoms with E-state index < -0.39 is 0 Å². The molecule has 1 atom stereocenters. The number of anilines is 1. The molecule has 1 N–H and O–H groups in total. The van der Waals surface area contributed by atoms with Gasteiger partial charge in [0, 0.05) is 17.1 Å². The van der Waals surface area contributed by atoms with Crippen molar-refractivity contribution >= 4 is 29.2 Å². The van der Waals surface area contributed by atoms with Crippen molar-refractivity contribution < 1.29 is 18.8 Å². The number of benzene rings is 1. The number of carbonyl (C=O) groups excluding carboxylic acids is 2. The SMILES string of the molecule is CCN(CC)CCCC(C)N(CC(=O)Nc1cc(C)on1)C(=O)COc1ccc(Cl)cc1. The molecule has 0 bridgehead atoms. The maximum Gasteiger partial charge on any atom is 0.261 e. The number of rotatable bonds is 13. The largest absolute Gasteiger partial charge is 0.484 e. The molecule has 1 unspecified atom stereocenters. The van der Waals surface area contributed by atoms with Crippen LogP contribution < -0.4 is 10.1 Å². The Morgan fingerprint density at radius 2 is 1.91 bits per heavy atom. The molecule has 0 spiro atoms. The Hall–Kier alpha value is -2.58. The maximum absolute atomic E-state index is 13.0. The summed E-state index contributed by atoms with van der Waals surface area (Å²) in [6.45, 7) is 10.6. The summed E-state index contributed by atoms with van der Waals surface area (Å²) in [7, 11) is 0. The van der Waals surface area contributed by atoms with Gasteiger partial charge in [-0.15, -0.1) is 0 Å². The summed E-state index contributed by atoms with van der Waals surface area (Å²) >= 11 is 5.89. The molecule has 0 aliphatic rings. The Morgan fingerprint density at radius 3 is 2.50 bits per heavy atom. The molecule has 2 aromatic rings. The number of aryl methyl sites for hydroxylation is 1. The minimum Gasteiger partial charge on any atom is -0.484 e. The molecule has 0 aliphatic heterocycles. The van der Waals surface area contributed by atoms with Crippen molar-refractivity contribution in [2.45, 2.75) is 46.6 Å². The van der Waals surface area contributed by atoms with Gasteiger partial charge in [-0.2, -0.15) is 0 Å². The van der Waals surface area contributed by atoms with Gasteiger partial charge in [0.05, 0.1) is 0 Å². The molecule has 1 aromatic carbocycles. The standard InChI is InChI=1S/C23H33ClN4O4/c1-5-27(6-2)13-7-8-17(3)28(15-22(29)25-21-14-18(4)32-26-21)23(30)16-31-20-11-9-19(24)10-12-20/h9-12,14,17H,5-8,13,15-16H2,1-4H3,(H,25,26,29). The van der Waals surface area contributed by atoms with Gasteiger partial charge in [0.15, 0.2) is 12.4 Å². The number of carbonyl (C=O) groups is 2. The van der Waals surface area contributed by atoms with E-state index in [-0.39, 0.29) is 31.0 Å². The molecule has 0 aliphatic carbocycles. The van der Waals surface area contributed by atoms with E-state index in [1.807, 2.05) is 6.92 Å². The smallest absolute Gasteiger partial charge is 0.261 e. The van der Waals surface area contributed by atoms with Gasteiger partial charge in [0.25, 0.3) is 5.91 Å². The normalized spacial score (nSPS) is 11.9. The highest BCUT2D eigenvalue weighted by molar-refractivity contribution is 6.30. The molecular weight excluding hydrogens is 432 g/mol. The van der Waals surface area contributed by atoms with Crippen molar-refractivity contribution in [3.63, 3.8) is 0 Å². The van der Waals surface area contributed by atoms with Gasteiger partial charge >= 0.3 is 0 Å². The lowest BCUT2D eigenvalue weighted by Crippen LogP contribution is -2.46. The van der Waals surface area contributed by atoms with Crippen molar-refractivity contribution in [2.75, 3.05) is 38.1 Å². The zero-order chi connectivity index (χ0) is 23.5. The van der Waals surface area contributed by atoms with E-state index >= 15 is 0 Å². The highest BCUT2D eigenvalue weighted by Gasteiger charge is 2.24. The van der Waals surface area contributed by atoms with Gasteiger partial charge < -0.3 is 24.4 Å². The Balaban J connectivity index is 1.99. The van der Waals surface area contributed by atoms with E-state index in [1.165, 1.54) is 0 Å². The zero-order valence-corrected chi connectivity index (χ0v) is 20.0. The van der Waals surface area contributed by atoms with E-state index in [0.717, 1.165) is 32.5 Å². The number of halogens is 1. The topological polar surface area (TPSA) is 87.9 Å². The number of hydrogen-bond donors (Lipinski definition) is 1. The Kier molecular flexibility index (Phi) is 10.5. The van der Waals surface area contributed by atoms with Crippen LogP contribution in [0.2, 0.25) is 5.02 Å². The van der Waals surface area contributed by atoms with Crippen LogP contribution in [-0.4, -0.2) is 65.6 Å². The maximum atomic E-state index is 13.0. The monoisotopic (exact) mass is 464 g/mol. The van der Waals surface area contributed by atoms with Crippen LogP contribution >= 0.6 is 11.6 Å². The molecule has 0 saturated heterocycles. The first-order valence-electron chi connectivity index (χ1n) is 11.0. The molecule has 2 amide bonds. The second-order valence-corrected chi connectivity index (χ2v) is 8.09. The number of hydrogen-bond acceptors (Lipinski definition) is 6. The fourth-order valence-electron chi connectivity index (χ4n) is 3.32. The number of nitrogens with zero attached hydrogens (tertiary/aromatic N) is 3. The average molecular weight is 465 g/mol. The number of nitrogens with one attached hydrogen (secondary N) is 1. The van der Waals surface area contributed by atoms with Crippen LogP contribution in [0.25, 0.3) is 0 Å². The quantitative estimate of drug-likeness (QED) is 0.482. The fourth-order valence-corrected chi connectivity index (χ4v) is 3.44. The Labute approximate surface area is 194 Å². The highest BCUT2D eigenvalue weighted by atomic mass is 35.5. The predicted molar refractivity (Wildman–Crippen MR) is 125 cm³/mol. The van der Waals surface area contributed by atoms with Gasteiger partial charge in [-0.1, -0.05) is 30.6 Å². The van der Waals surface area contributed by atoms with Crippen LogP contribution in [0.5, 0.6) is 5.75 Å². The van der Waals surface area contributed by atoms with Crippen molar-refractivity contribution in [3.05, 3.63) is 41.1 Å². The second-order valence-electron chi connectivity index (χ2n) is 7.65. The summed E-state index contributed by atoms with van der Waals surface area (Å²) < 4.78 is 10.6. The van der Waals surface area contributed by atoms with Gasteiger partial charge in [-0.25, -0.2) is 0 Å². The second kappa shape index (κ2) is 13.1. The van der Waals surface area contributed by atoms with Crippen LogP contribution in [0, 0.1) is 6.92 Å². The third kappa shape index (κ3) is 8.51. The first kappa shape index (κ1) is 25.7. The van der Waals surface area contributed by atoms with E-state index in [4.69, 9.17) is 20.9 Å².